The zero-order valence-electron chi connectivity index (χ0n) is 13.2. The van der Waals surface area contributed by atoms with Crippen LogP contribution in [0.3, 0.4) is 0 Å². The first-order valence-corrected chi connectivity index (χ1v) is 7.97. The van der Waals surface area contributed by atoms with E-state index in [0.29, 0.717) is 12.6 Å². The van der Waals surface area contributed by atoms with Gasteiger partial charge in [0.05, 0.1) is 6.54 Å². The van der Waals surface area contributed by atoms with Gasteiger partial charge < -0.3 is 10.6 Å². The molecule has 1 amide bonds. The van der Waals surface area contributed by atoms with Crippen molar-refractivity contribution in [2.75, 3.05) is 32.7 Å². The van der Waals surface area contributed by atoms with E-state index in [1.807, 2.05) is 6.07 Å². The first-order chi connectivity index (χ1) is 10.2. The molecule has 1 aliphatic heterocycles. The second-order valence-electron chi connectivity index (χ2n) is 6.45. The molecular formula is C17H26ClN3O. The lowest BCUT2D eigenvalue weighted by Gasteiger charge is -2.33. The minimum atomic E-state index is 0. The van der Waals surface area contributed by atoms with E-state index in [2.05, 4.69) is 46.7 Å². The molecule has 5 heteroatoms. The lowest BCUT2D eigenvalue weighted by Crippen LogP contribution is -2.53. The summed E-state index contributed by atoms with van der Waals surface area (Å²) < 4.78 is 0. The number of hydrogen-bond donors (Lipinski definition) is 2. The van der Waals surface area contributed by atoms with Gasteiger partial charge in [0, 0.05) is 37.6 Å². The number of piperazine rings is 1. The summed E-state index contributed by atoms with van der Waals surface area (Å²) in [6, 6.07) is 11.0. The number of benzene rings is 1. The Labute approximate surface area is 139 Å². The summed E-state index contributed by atoms with van der Waals surface area (Å²) in [5.41, 5.74) is 1.56. The minimum Gasteiger partial charge on any atom is -0.354 e. The molecule has 0 bridgehead atoms. The zero-order valence-corrected chi connectivity index (χ0v) is 14.0. The standard InChI is InChI=1S/C17H25N3O.ClH/c1-14-11-18-9-10-20(14)12-16(21)19-13-17(7-8-17)15-5-3-2-4-6-15;/h2-6,14,18H,7-13H2,1H3,(H,19,21);1H/t14-;/m1./s1. The van der Waals surface area contributed by atoms with Gasteiger partial charge in [0.25, 0.3) is 0 Å². The SMILES string of the molecule is C[C@@H]1CNCCN1CC(=O)NCC1(c2ccccc2)CC1.Cl. The summed E-state index contributed by atoms with van der Waals surface area (Å²) in [7, 11) is 0. The van der Waals surface area contributed by atoms with Gasteiger partial charge in [-0.1, -0.05) is 30.3 Å². The van der Waals surface area contributed by atoms with Crippen LogP contribution in [0.4, 0.5) is 0 Å². The maximum Gasteiger partial charge on any atom is 0.234 e. The monoisotopic (exact) mass is 323 g/mol. The molecule has 22 heavy (non-hydrogen) atoms. The van der Waals surface area contributed by atoms with Crippen molar-refractivity contribution in [1.29, 1.82) is 0 Å². The van der Waals surface area contributed by atoms with E-state index in [0.717, 1.165) is 26.2 Å². The molecular weight excluding hydrogens is 298 g/mol. The molecule has 2 aliphatic rings. The van der Waals surface area contributed by atoms with E-state index in [9.17, 15) is 4.79 Å². The van der Waals surface area contributed by atoms with Gasteiger partial charge in [0.15, 0.2) is 0 Å². The quantitative estimate of drug-likeness (QED) is 0.864. The van der Waals surface area contributed by atoms with Crippen molar-refractivity contribution in [3.05, 3.63) is 35.9 Å². The van der Waals surface area contributed by atoms with Crippen LogP contribution in [0.2, 0.25) is 0 Å². The molecule has 3 rings (SSSR count). The van der Waals surface area contributed by atoms with E-state index in [-0.39, 0.29) is 23.7 Å². The van der Waals surface area contributed by atoms with Crippen molar-refractivity contribution in [3.63, 3.8) is 0 Å². The maximum absolute atomic E-state index is 12.2. The van der Waals surface area contributed by atoms with Gasteiger partial charge >= 0.3 is 0 Å². The van der Waals surface area contributed by atoms with Crippen molar-refractivity contribution >= 4 is 18.3 Å². The fraction of sp³-hybridized carbons (Fsp3) is 0.588. The molecule has 0 spiro atoms. The van der Waals surface area contributed by atoms with Crippen LogP contribution >= 0.6 is 12.4 Å². The fourth-order valence-corrected chi connectivity index (χ4v) is 3.14. The summed E-state index contributed by atoms with van der Waals surface area (Å²) in [5, 5.41) is 6.50. The molecule has 1 heterocycles. The number of halogens is 1. The number of nitrogens with one attached hydrogen (secondary N) is 2. The van der Waals surface area contributed by atoms with Gasteiger partial charge in [-0.25, -0.2) is 0 Å². The molecule has 2 fully saturated rings. The summed E-state index contributed by atoms with van der Waals surface area (Å²) in [6.45, 7) is 6.38. The van der Waals surface area contributed by atoms with Gasteiger partial charge in [0.2, 0.25) is 5.91 Å². The van der Waals surface area contributed by atoms with Crippen LogP contribution in [-0.2, 0) is 10.2 Å². The molecule has 1 aromatic carbocycles. The normalized spacial score (nSPS) is 23.4. The van der Waals surface area contributed by atoms with Crippen molar-refractivity contribution in [2.45, 2.75) is 31.2 Å². The molecule has 0 radical (unpaired) electrons. The van der Waals surface area contributed by atoms with Crippen molar-refractivity contribution in [2.24, 2.45) is 0 Å². The molecule has 1 saturated heterocycles. The Hall–Kier alpha value is -1.10. The number of rotatable bonds is 5. The smallest absolute Gasteiger partial charge is 0.234 e. The Morgan fingerprint density at radius 3 is 2.73 bits per heavy atom. The van der Waals surface area contributed by atoms with Crippen molar-refractivity contribution < 1.29 is 4.79 Å². The Balaban J connectivity index is 0.00000176. The van der Waals surface area contributed by atoms with E-state index >= 15 is 0 Å². The van der Waals surface area contributed by atoms with Crippen LogP contribution < -0.4 is 10.6 Å². The van der Waals surface area contributed by atoms with Crippen LogP contribution in [0.5, 0.6) is 0 Å². The molecule has 1 aromatic rings. The lowest BCUT2D eigenvalue weighted by molar-refractivity contribution is -0.123. The molecule has 0 unspecified atom stereocenters. The molecule has 1 aliphatic carbocycles. The third-order valence-electron chi connectivity index (χ3n) is 4.85. The molecule has 0 aromatic heterocycles. The van der Waals surface area contributed by atoms with Crippen LogP contribution in [0, 0.1) is 0 Å². The minimum absolute atomic E-state index is 0. The molecule has 2 N–H and O–H groups in total. The highest BCUT2D eigenvalue weighted by Gasteiger charge is 2.44. The third-order valence-corrected chi connectivity index (χ3v) is 4.85. The summed E-state index contributed by atoms with van der Waals surface area (Å²) >= 11 is 0. The van der Waals surface area contributed by atoms with Crippen LogP contribution in [0.1, 0.15) is 25.3 Å². The molecule has 1 atom stereocenters. The Bertz CT molecular complexity index is 490. The Morgan fingerprint density at radius 1 is 1.36 bits per heavy atom. The highest BCUT2D eigenvalue weighted by atomic mass is 35.5. The second kappa shape index (κ2) is 7.44. The molecule has 1 saturated carbocycles. The number of amides is 1. The van der Waals surface area contributed by atoms with Gasteiger partial charge in [-0.05, 0) is 25.3 Å². The fourth-order valence-electron chi connectivity index (χ4n) is 3.14. The zero-order chi connectivity index (χ0) is 14.7. The highest BCUT2D eigenvalue weighted by Crippen LogP contribution is 2.47. The van der Waals surface area contributed by atoms with Gasteiger partial charge in [-0.2, -0.15) is 0 Å². The Kier molecular flexibility index (Phi) is 5.84. The summed E-state index contributed by atoms with van der Waals surface area (Å²) in [6.07, 6.45) is 2.36. The van der Waals surface area contributed by atoms with Crippen molar-refractivity contribution in [3.8, 4) is 0 Å². The van der Waals surface area contributed by atoms with Gasteiger partial charge in [-0.3, -0.25) is 9.69 Å². The number of nitrogens with zero attached hydrogens (tertiary/aromatic N) is 1. The van der Waals surface area contributed by atoms with Gasteiger partial charge in [0.1, 0.15) is 0 Å². The van der Waals surface area contributed by atoms with E-state index in [1.165, 1.54) is 18.4 Å². The van der Waals surface area contributed by atoms with Crippen LogP contribution in [0.25, 0.3) is 0 Å². The average molecular weight is 324 g/mol. The predicted octanol–water partition coefficient (Wildman–Crippen LogP) is 1.55. The topological polar surface area (TPSA) is 44.4 Å². The average Bonchev–Trinajstić information content (AvgIpc) is 3.30. The van der Waals surface area contributed by atoms with Crippen molar-refractivity contribution in [1.82, 2.24) is 15.5 Å². The van der Waals surface area contributed by atoms with E-state index in [1.54, 1.807) is 0 Å². The first-order valence-electron chi connectivity index (χ1n) is 7.97. The summed E-state index contributed by atoms with van der Waals surface area (Å²) in [5.74, 6) is 0.158. The number of carbonyl (C=O) groups is 1. The summed E-state index contributed by atoms with van der Waals surface area (Å²) in [4.78, 5) is 14.4. The molecule has 122 valence electrons. The Morgan fingerprint density at radius 2 is 2.09 bits per heavy atom. The van der Waals surface area contributed by atoms with Crippen LogP contribution in [0.15, 0.2) is 30.3 Å². The second-order valence-corrected chi connectivity index (χ2v) is 6.45. The number of hydrogen-bond acceptors (Lipinski definition) is 3. The first kappa shape index (κ1) is 17.3. The predicted molar refractivity (Wildman–Crippen MR) is 91.5 cm³/mol. The third kappa shape index (κ3) is 4.00. The van der Waals surface area contributed by atoms with Crippen LogP contribution in [-0.4, -0.2) is 49.6 Å². The lowest BCUT2D eigenvalue weighted by atomic mass is 9.96. The van der Waals surface area contributed by atoms with E-state index in [4.69, 9.17) is 0 Å². The maximum atomic E-state index is 12.2. The van der Waals surface area contributed by atoms with Gasteiger partial charge in [-0.15, -0.1) is 12.4 Å². The largest absolute Gasteiger partial charge is 0.354 e. The number of carbonyl (C=O) groups excluding carboxylic acids is 1. The van der Waals surface area contributed by atoms with E-state index < -0.39 is 0 Å². The molecule has 4 nitrogen and oxygen atoms in total. The highest BCUT2D eigenvalue weighted by molar-refractivity contribution is 5.85.